The lowest BCUT2D eigenvalue weighted by molar-refractivity contribution is -0.115. The summed E-state index contributed by atoms with van der Waals surface area (Å²) in [6.45, 7) is 9.60. The minimum absolute atomic E-state index is 0.136. The molecule has 0 unspecified atom stereocenters. The quantitative estimate of drug-likeness (QED) is 0.243. The van der Waals surface area contributed by atoms with Crippen molar-refractivity contribution in [2.24, 2.45) is 0 Å². The van der Waals surface area contributed by atoms with Gasteiger partial charge in [0.25, 0.3) is 0 Å². The van der Waals surface area contributed by atoms with Crippen molar-refractivity contribution in [2.45, 2.75) is 56.7 Å². The van der Waals surface area contributed by atoms with Crippen LogP contribution in [0.2, 0.25) is 0 Å². The minimum Gasteiger partial charge on any atom is -0.456 e. The number of hydrogen-bond donors (Lipinski definition) is 1. The first-order chi connectivity index (χ1) is 19.9. The second-order valence-electron chi connectivity index (χ2n) is 11.1. The van der Waals surface area contributed by atoms with Gasteiger partial charge in [0, 0.05) is 36.4 Å². The third kappa shape index (κ3) is 6.15. The van der Waals surface area contributed by atoms with Gasteiger partial charge in [-0.2, -0.15) is 5.10 Å². The van der Waals surface area contributed by atoms with Crippen LogP contribution in [0.5, 0.6) is 11.5 Å². The highest BCUT2D eigenvalue weighted by Gasteiger charge is 2.27. The summed E-state index contributed by atoms with van der Waals surface area (Å²) < 4.78 is 34.9. The van der Waals surface area contributed by atoms with Gasteiger partial charge in [0.05, 0.1) is 40.0 Å². The van der Waals surface area contributed by atoms with Crippen LogP contribution in [0.1, 0.15) is 49.8 Å². The zero-order valence-electron chi connectivity index (χ0n) is 24.1. The zero-order valence-corrected chi connectivity index (χ0v) is 24.9. The molecule has 0 aliphatic carbocycles. The maximum absolute atomic E-state index is 13.4. The van der Waals surface area contributed by atoms with E-state index in [-0.39, 0.29) is 22.8 Å². The van der Waals surface area contributed by atoms with E-state index in [1.54, 1.807) is 54.3 Å². The minimum atomic E-state index is -3.76. The Balaban J connectivity index is 1.34. The first-order valence-corrected chi connectivity index (χ1v) is 15.0. The molecular weight excluding hydrogens is 552 g/mol. The number of rotatable bonds is 8. The van der Waals surface area contributed by atoms with Crippen molar-refractivity contribution < 1.29 is 17.9 Å². The van der Waals surface area contributed by atoms with E-state index >= 15 is 0 Å². The standard InChI is InChI=1S/C31H32N6O4S/c1-20-14-22(15-30(38)36-23-17-35-37(19-23)31(3,4)5)6-9-28(20)41-29-10-11-33-26-8-7-24(16-25(26)29)42(39,40)21(2)27-18-32-12-13-34-27/h6-14,16-19,21H,15H2,1-5H3,(H,36,38)/t21-/m0/s1. The molecule has 5 rings (SSSR count). The van der Waals surface area contributed by atoms with Gasteiger partial charge in [0.15, 0.2) is 9.84 Å². The molecule has 42 heavy (non-hydrogen) atoms. The molecule has 0 aliphatic rings. The number of nitrogens with zero attached hydrogens (tertiary/aromatic N) is 5. The highest BCUT2D eigenvalue weighted by Crippen LogP contribution is 2.35. The number of aromatic nitrogens is 5. The summed E-state index contributed by atoms with van der Waals surface area (Å²) in [5.74, 6) is 0.897. The lowest BCUT2D eigenvalue weighted by Gasteiger charge is -2.18. The molecule has 1 amide bonds. The van der Waals surface area contributed by atoms with Crippen LogP contribution < -0.4 is 10.1 Å². The lowest BCUT2D eigenvalue weighted by Crippen LogP contribution is -2.22. The van der Waals surface area contributed by atoms with E-state index in [4.69, 9.17) is 4.74 Å². The summed E-state index contributed by atoms with van der Waals surface area (Å²) in [7, 11) is -3.76. The van der Waals surface area contributed by atoms with Gasteiger partial charge in [-0.05, 0) is 76.1 Å². The second kappa shape index (κ2) is 11.3. The van der Waals surface area contributed by atoms with Crippen LogP contribution in [0.25, 0.3) is 10.9 Å². The normalized spacial score (nSPS) is 12.7. The number of sulfone groups is 1. The largest absolute Gasteiger partial charge is 0.456 e. The fourth-order valence-electron chi connectivity index (χ4n) is 4.45. The lowest BCUT2D eigenvalue weighted by atomic mass is 10.1. The number of nitrogens with one attached hydrogen (secondary N) is 1. The van der Waals surface area contributed by atoms with Crippen molar-refractivity contribution >= 4 is 32.3 Å². The number of amides is 1. The highest BCUT2D eigenvalue weighted by atomic mass is 32.2. The van der Waals surface area contributed by atoms with Crippen LogP contribution in [-0.2, 0) is 26.6 Å². The fraction of sp³-hybridized carbons (Fsp3) is 0.258. The number of ether oxygens (including phenoxy) is 1. The van der Waals surface area contributed by atoms with Crippen molar-refractivity contribution in [3.63, 3.8) is 0 Å². The van der Waals surface area contributed by atoms with Crippen molar-refractivity contribution in [1.29, 1.82) is 0 Å². The van der Waals surface area contributed by atoms with Crippen molar-refractivity contribution in [2.75, 3.05) is 5.32 Å². The van der Waals surface area contributed by atoms with Crippen LogP contribution in [0.4, 0.5) is 5.69 Å². The first-order valence-electron chi connectivity index (χ1n) is 13.4. The van der Waals surface area contributed by atoms with Gasteiger partial charge in [-0.15, -0.1) is 0 Å². The van der Waals surface area contributed by atoms with Gasteiger partial charge in [-0.1, -0.05) is 12.1 Å². The van der Waals surface area contributed by atoms with E-state index in [9.17, 15) is 13.2 Å². The molecule has 1 atom stereocenters. The van der Waals surface area contributed by atoms with Crippen LogP contribution >= 0.6 is 0 Å². The Bertz CT molecular complexity index is 1860. The molecule has 5 aromatic rings. The van der Waals surface area contributed by atoms with E-state index in [1.165, 1.54) is 18.6 Å². The molecule has 0 fully saturated rings. The number of pyridine rings is 1. The predicted octanol–water partition coefficient (Wildman–Crippen LogP) is 5.79. The zero-order chi connectivity index (χ0) is 30.1. The summed E-state index contributed by atoms with van der Waals surface area (Å²) in [6.07, 6.45) is 9.68. The molecular formula is C31H32N6O4S. The second-order valence-corrected chi connectivity index (χ2v) is 13.3. The average molecular weight is 585 g/mol. The number of hydrogen-bond acceptors (Lipinski definition) is 8. The summed E-state index contributed by atoms with van der Waals surface area (Å²) in [4.78, 5) is 25.4. The van der Waals surface area contributed by atoms with Crippen molar-refractivity contribution in [3.05, 3.63) is 96.5 Å². The molecule has 3 aromatic heterocycles. The Morgan fingerprint density at radius 2 is 1.81 bits per heavy atom. The summed E-state index contributed by atoms with van der Waals surface area (Å²) >= 11 is 0. The van der Waals surface area contributed by atoms with Gasteiger partial charge in [-0.25, -0.2) is 8.42 Å². The molecule has 0 aliphatic heterocycles. The monoisotopic (exact) mass is 584 g/mol. The SMILES string of the molecule is Cc1cc(CC(=O)Nc2cnn(C(C)(C)C)c2)ccc1Oc1ccnc2ccc(S(=O)(=O)[C@@H](C)c3cnccn3)cc12. The van der Waals surface area contributed by atoms with E-state index in [0.29, 0.717) is 33.8 Å². The Labute approximate surface area is 244 Å². The maximum atomic E-state index is 13.4. The molecule has 0 spiro atoms. The summed E-state index contributed by atoms with van der Waals surface area (Å²) in [6, 6.07) is 12.0. The molecule has 0 bridgehead atoms. The van der Waals surface area contributed by atoms with E-state index < -0.39 is 15.1 Å². The van der Waals surface area contributed by atoms with Crippen LogP contribution in [0.3, 0.4) is 0 Å². The van der Waals surface area contributed by atoms with Crippen molar-refractivity contribution in [3.8, 4) is 11.5 Å². The Morgan fingerprint density at radius 1 is 1.00 bits per heavy atom. The topological polar surface area (TPSA) is 129 Å². The van der Waals surface area contributed by atoms with Gasteiger partial charge < -0.3 is 10.1 Å². The first kappa shape index (κ1) is 28.9. The number of benzene rings is 2. The molecule has 0 radical (unpaired) electrons. The number of carbonyl (C=O) groups excluding carboxylic acids is 1. The van der Waals surface area contributed by atoms with Gasteiger partial charge in [-0.3, -0.25) is 24.4 Å². The van der Waals surface area contributed by atoms with Gasteiger partial charge in [0.2, 0.25) is 5.91 Å². The molecule has 216 valence electrons. The highest BCUT2D eigenvalue weighted by molar-refractivity contribution is 7.91. The summed E-state index contributed by atoms with van der Waals surface area (Å²) in [5.41, 5.74) is 3.08. The Morgan fingerprint density at radius 3 is 2.50 bits per heavy atom. The third-order valence-corrected chi connectivity index (χ3v) is 8.93. The van der Waals surface area contributed by atoms with Gasteiger partial charge >= 0.3 is 0 Å². The molecule has 3 heterocycles. The van der Waals surface area contributed by atoms with Crippen LogP contribution in [0, 0.1) is 6.92 Å². The molecule has 10 nitrogen and oxygen atoms in total. The molecule has 0 saturated carbocycles. The number of carbonyl (C=O) groups is 1. The van der Waals surface area contributed by atoms with E-state index in [1.807, 2.05) is 46.0 Å². The molecule has 11 heteroatoms. The molecule has 1 N–H and O–H groups in total. The van der Waals surface area contributed by atoms with E-state index in [0.717, 1.165) is 11.1 Å². The maximum Gasteiger partial charge on any atom is 0.228 e. The number of anilines is 1. The average Bonchev–Trinajstić information content (AvgIpc) is 3.43. The smallest absolute Gasteiger partial charge is 0.228 e. The van der Waals surface area contributed by atoms with Crippen molar-refractivity contribution in [1.82, 2.24) is 24.7 Å². The van der Waals surface area contributed by atoms with Crippen LogP contribution in [-0.4, -0.2) is 39.1 Å². The molecule has 2 aromatic carbocycles. The third-order valence-electron chi connectivity index (χ3n) is 6.84. The fourth-order valence-corrected chi connectivity index (χ4v) is 5.84. The predicted molar refractivity (Wildman–Crippen MR) is 160 cm³/mol. The van der Waals surface area contributed by atoms with Crippen LogP contribution in [0.15, 0.2) is 84.5 Å². The Hall–Kier alpha value is -4.64. The molecule has 0 saturated heterocycles. The van der Waals surface area contributed by atoms with E-state index in [2.05, 4.69) is 25.4 Å². The van der Waals surface area contributed by atoms with Gasteiger partial charge in [0.1, 0.15) is 16.7 Å². The number of fused-ring (bicyclic) bond motifs is 1. The Kier molecular flexibility index (Phi) is 7.79. The summed E-state index contributed by atoms with van der Waals surface area (Å²) in [5, 5.41) is 6.89. The number of aryl methyl sites for hydroxylation is 1.